The minimum atomic E-state index is -0.205. The number of hydrogen-bond donors (Lipinski definition) is 3. The number of hydrogen-bond acceptors (Lipinski definition) is 3. The van der Waals surface area contributed by atoms with Crippen LogP contribution < -0.4 is 10.6 Å². The van der Waals surface area contributed by atoms with Crippen LogP contribution in [0.25, 0.3) is 0 Å². The molecule has 1 aromatic carbocycles. The van der Waals surface area contributed by atoms with E-state index >= 15 is 0 Å². The van der Waals surface area contributed by atoms with Gasteiger partial charge in [-0.25, -0.2) is 4.79 Å². The smallest absolute Gasteiger partial charge is 0.319 e. The van der Waals surface area contributed by atoms with Gasteiger partial charge in [-0.05, 0) is 42.5 Å². The number of nitrogens with one attached hydrogen (secondary N) is 2. The van der Waals surface area contributed by atoms with Crippen molar-refractivity contribution in [2.75, 3.05) is 31.7 Å². The standard InChI is InChI=1S/C16H26N2O3/c1-3-13-6-7-15(12-14(13)4-2)18-16(20)17-8-5-10-21-11-9-19/h6-7,12,19H,3-5,8-11H2,1-2H3,(H2,17,18,20). The number of aliphatic hydroxyl groups excluding tert-OH is 1. The molecule has 0 saturated heterocycles. The maximum absolute atomic E-state index is 11.8. The molecule has 0 radical (unpaired) electrons. The summed E-state index contributed by atoms with van der Waals surface area (Å²) < 4.78 is 5.12. The molecule has 1 aromatic rings. The lowest BCUT2D eigenvalue weighted by Gasteiger charge is -2.11. The van der Waals surface area contributed by atoms with Gasteiger partial charge in [0.15, 0.2) is 0 Å². The van der Waals surface area contributed by atoms with Gasteiger partial charge in [0, 0.05) is 18.8 Å². The zero-order chi connectivity index (χ0) is 15.5. The zero-order valence-corrected chi connectivity index (χ0v) is 12.9. The summed E-state index contributed by atoms with van der Waals surface area (Å²) in [5.41, 5.74) is 3.41. The Kier molecular flexibility index (Phi) is 8.47. The number of aryl methyl sites for hydroxylation is 2. The van der Waals surface area contributed by atoms with E-state index in [2.05, 4.69) is 30.5 Å². The van der Waals surface area contributed by atoms with Crippen LogP contribution in [0.2, 0.25) is 0 Å². The molecule has 0 saturated carbocycles. The van der Waals surface area contributed by atoms with Crippen LogP contribution in [-0.2, 0) is 17.6 Å². The van der Waals surface area contributed by atoms with Gasteiger partial charge in [-0.3, -0.25) is 0 Å². The summed E-state index contributed by atoms with van der Waals surface area (Å²) >= 11 is 0. The number of carbonyl (C=O) groups is 1. The fraction of sp³-hybridized carbons (Fsp3) is 0.562. The van der Waals surface area contributed by atoms with Gasteiger partial charge in [-0.2, -0.15) is 0 Å². The van der Waals surface area contributed by atoms with Crippen molar-refractivity contribution in [2.45, 2.75) is 33.1 Å². The summed E-state index contributed by atoms with van der Waals surface area (Å²) in [5, 5.41) is 14.2. The van der Waals surface area contributed by atoms with Gasteiger partial charge in [0.25, 0.3) is 0 Å². The SMILES string of the molecule is CCc1ccc(NC(=O)NCCCOCCO)cc1CC. The highest BCUT2D eigenvalue weighted by Crippen LogP contribution is 2.17. The van der Waals surface area contributed by atoms with E-state index in [9.17, 15) is 4.79 Å². The Bertz CT molecular complexity index is 436. The van der Waals surface area contributed by atoms with E-state index in [-0.39, 0.29) is 12.6 Å². The summed E-state index contributed by atoms with van der Waals surface area (Å²) in [6, 6.07) is 5.82. The Hall–Kier alpha value is -1.59. The molecule has 5 nitrogen and oxygen atoms in total. The highest BCUT2D eigenvalue weighted by Gasteiger charge is 2.04. The third-order valence-corrected chi connectivity index (χ3v) is 3.21. The van der Waals surface area contributed by atoms with Crippen LogP contribution >= 0.6 is 0 Å². The van der Waals surface area contributed by atoms with Crippen molar-refractivity contribution in [2.24, 2.45) is 0 Å². The van der Waals surface area contributed by atoms with Crippen LogP contribution in [0, 0.1) is 0 Å². The summed E-state index contributed by atoms with van der Waals surface area (Å²) in [7, 11) is 0. The molecule has 0 aliphatic rings. The molecule has 0 aromatic heterocycles. The van der Waals surface area contributed by atoms with Gasteiger partial charge in [0.2, 0.25) is 0 Å². The van der Waals surface area contributed by atoms with Crippen molar-refractivity contribution in [3.05, 3.63) is 29.3 Å². The molecule has 0 spiro atoms. The third-order valence-electron chi connectivity index (χ3n) is 3.21. The second-order valence-corrected chi connectivity index (χ2v) is 4.76. The van der Waals surface area contributed by atoms with Crippen molar-refractivity contribution in [1.82, 2.24) is 5.32 Å². The predicted molar refractivity (Wildman–Crippen MR) is 84.7 cm³/mol. The number of rotatable bonds is 9. The third kappa shape index (κ3) is 6.60. The fourth-order valence-electron chi connectivity index (χ4n) is 2.10. The molecule has 0 aliphatic heterocycles. The van der Waals surface area contributed by atoms with Gasteiger partial charge >= 0.3 is 6.03 Å². The normalized spacial score (nSPS) is 10.4. The van der Waals surface area contributed by atoms with Crippen LogP contribution in [0.4, 0.5) is 10.5 Å². The Balaban J connectivity index is 2.34. The molecule has 0 bridgehead atoms. The molecule has 118 valence electrons. The first-order valence-corrected chi connectivity index (χ1v) is 7.56. The van der Waals surface area contributed by atoms with E-state index in [1.165, 1.54) is 11.1 Å². The molecule has 1 rings (SSSR count). The molecular weight excluding hydrogens is 268 g/mol. The first kappa shape index (κ1) is 17.5. The van der Waals surface area contributed by atoms with Crippen LogP contribution in [0.15, 0.2) is 18.2 Å². The highest BCUT2D eigenvalue weighted by atomic mass is 16.5. The molecule has 0 aliphatic carbocycles. The second-order valence-electron chi connectivity index (χ2n) is 4.76. The molecule has 0 atom stereocenters. The van der Waals surface area contributed by atoms with Crippen molar-refractivity contribution in [1.29, 1.82) is 0 Å². The van der Waals surface area contributed by atoms with Gasteiger partial charge < -0.3 is 20.5 Å². The Morgan fingerprint density at radius 3 is 2.62 bits per heavy atom. The molecule has 21 heavy (non-hydrogen) atoms. The molecule has 0 unspecified atom stereocenters. The lowest BCUT2D eigenvalue weighted by Crippen LogP contribution is -2.30. The van der Waals surface area contributed by atoms with Crippen molar-refractivity contribution >= 4 is 11.7 Å². The zero-order valence-electron chi connectivity index (χ0n) is 12.9. The van der Waals surface area contributed by atoms with Gasteiger partial charge in [-0.1, -0.05) is 19.9 Å². The maximum atomic E-state index is 11.8. The second kappa shape index (κ2) is 10.2. The van der Waals surface area contributed by atoms with Crippen molar-refractivity contribution in [3.8, 4) is 0 Å². The first-order valence-electron chi connectivity index (χ1n) is 7.56. The topological polar surface area (TPSA) is 70.6 Å². The first-order chi connectivity index (χ1) is 10.2. The Labute approximate surface area is 126 Å². The summed E-state index contributed by atoms with van der Waals surface area (Å²) in [6.45, 7) is 5.70. The van der Waals surface area contributed by atoms with Crippen LogP contribution in [0.1, 0.15) is 31.4 Å². The van der Waals surface area contributed by atoms with Gasteiger partial charge in [0.1, 0.15) is 0 Å². The molecule has 3 N–H and O–H groups in total. The Morgan fingerprint density at radius 1 is 1.19 bits per heavy atom. The van der Waals surface area contributed by atoms with E-state index < -0.39 is 0 Å². The van der Waals surface area contributed by atoms with E-state index in [0.29, 0.717) is 19.8 Å². The van der Waals surface area contributed by atoms with Crippen LogP contribution in [0.5, 0.6) is 0 Å². The molecule has 2 amide bonds. The lowest BCUT2D eigenvalue weighted by molar-refractivity contribution is 0.0910. The molecule has 0 heterocycles. The minimum Gasteiger partial charge on any atom is -0.394 e. The number of urea groups is 1. The predicted octanol–water partition coefficient (Wildman–Crippen LogP) is 2.33. The summed E-state index contributed by atoms with van der Waals surface area (Å²) in [4.78, 5) is 11.8. The number of carbonyl (C=O) groups excluding carboxylic acids is 1. The molecule has 0 fully saturated rings. The largest absolute Gasteiger partial charge is 0.394 e. The summed E-state index contributed by atoms with van der Waals surface area (Å²) in [6.07, 6.45) is 2.69. The van der Waals surface area contributed by atoms with E-state index in [4.69, 9.17) is 9.84 Å². The average Bonchev–Trinajstić information content (AvgIpc) is 2.50. The van der Waals surface area contributed by atoms with Crippen LogP contribution in [0.3, 0.4) is 0 Å². The van der Waals surface area contributed by atoms with E-state index in [0.717, 1.165) is 24.9 Å². The fourth-order valence-corrected chi connectivity index (χ4v) is 2.10. The van der Waals surface area contributed by atoms with Crippen LogP contribution in [-0.4, -0.2) is 37.5 Å². The monoisotopic (exact) mass is 294 g/mol. The lowest BCUT2D eigenvalue weighted by atomic mass is 10.0. The van der Waals surface area contributed by atoms with Crippen molar-refractivity contribution in [3.63, 3.8) is 0 Å². The average molecular weight is 294 g/mol. The molecule has 5 heteroatoms. The Morgan fingerprint density at radius 2 is 1.95 bits per heavy atom. The minimum absolute atomic E-state index is 0.0292. The van der Waals surface area contributed by atoms with Gasteiger partial charge in [0.05, 0.1) is 13.2 Å². The number of amides is 2. The number of aliphatic hydroxyl groups is 1. The number of benzene rings is 1. The number of ether oxygens (including phenoxy) is 1. The quantitative estimate of drug-likeness (QED) is 0.612. The number of anilines is 1. The molecular formula is C16H26N2O3. The van der Waals surface area contributed by atoms with E-state index in [1.54, 1.807) is 0 Å². The maximum Gasteiger partial charge on any atom is 0.319 e. The van der Waals surface area contributed by atoms with Crippen molar-refractivity contribution < 1.29 is 14.6 Å². The van der Waals surface area contributed by atoms with E-state index in [1.807, 2.05) is 12.1 Å². The highest BCUT2D eigenvalue weighted by molar-refractivity contribution is 5.89. The summed E-state index contributed by atoms with van der Waals surface area (Å²) in [5.74, 6) is 0. The van der Waals surface area contributed by atoms with Gasteiger partial charge in [-0.15, -0.1) is 0 Å².